The Morgan fingerprint density at radius 2 is 1.04 bits per heavy atom. The number of anilines is 2. The zero-order chi connectivity index (χ0) is 56.0. The van der Waals surface area contributed by atoms with Gasteiger partial charge in [-0.25, -0.2) is 12.7 Å². The molecule has 0 spiro atoms. The van der Waals surface area contributed by atoms with Gasteiger partial charge < -0.3 is 15.1 Å². The highest BCUT2D eigenvalue weighted by atomic mass is 35.5. The number of fused-ring (bicyclic) bond motifs is 4. The monoisotopic (exact) mass is 1160 g/mol. The summed E-state index contributed by atoms with van der Waals surface area (Å²) in [5, 5.41) is 13.5. The third-order valence-corrected chi connectivity index (χ3v) is 19.1. The molecule has 4 aliphatic rings. The predicted molar refractivity (Wildman–Crippen MR) is 320 cm³/mol. The van der Waals surface area contributed by atoms with Crippen LogP contribution in [0, 0.1) is 25.7 Å². The van der Waals surface area contributed by atoms with Crippen LogP contribution in [0.3, 0.4) is 0 Å². The summed E-state index contributed by atoms with van der Waals surface area (Å²) in [6.07, 6.45) is 14.4. The molecule has 6 aromatic rings. The number of amides is 2. The van der Waals surface area contributed by atoms with Gasteiger partial charge in [0.05, 0.1) is 31.2 Å². The minimum absolute atomic E-state index is 0. The maximum absolute atomic E-state index is 13.9. The number of rotatable bonds is 16. The van der Waals surface area contributed by atoms with E-state index >= 15 is 0 Å². The highest BCUT2D eigenvalue weighted by Crippen LogP contribution is 2.36. The second-order valence-corrected chi connectivity index (χ2v) is 25.2. The van der Waals surface area contributed by atoms with Crippen molar-refractivity contribution in [2.75, 3.05) is 41.7 Å². The summed E-state index contributed by atoms with van der Waals surface area (Å²) in [6, 6.07) is 23.2. The first-order chi connectivity index (χ1) is 37.9. The van der Waals surface area contributed by atoms with E-state index in [4.69, 9.17) is 23.2 Å². The average molecular weight is 1170 g/mol. The van der Waals surface area contributed by atoms with Crippen molar-refractivity contribution in [2.45, 2.75) is 124 Å². The van der Waals surface area contributed by atoms with Gasteiger partial charge >= 0.3 is 0 Å². The first-order valence-corrected chi connectivity index (χ1v) is 30.4. The van der Waals surface area contributed by atoms with Crippen LogP contribution in [-0.4, -0.2) is 87.6 Å². The Morgan fingerprint density at radius 3 is 1.46 bits per heavy atom. The van der Waals surface area contributed by atoms with Crippen LogP contribution in [0.4, 0.5) is 11.4 Å². The number of hydrogen-bond donors (Lipinski definition) is 1. The van der Waals surface area contributed by atoms with E-state index in [2.05, 4.69) is 21.6 Å². The zero-order valence-electron chi connectivity index (χ0n) is 46.7. The van der Waals surface area contributed by atoms with Crippen LogP contribution >= 0.6 is 35.6 Å². The van der Waals surface area contributed by atoms with Crippen molar-refractivity contribution in [2.24, 2.45) is 25.9 Å². The Bertz CT molecular complexity index is 3340. The van der Waals surface area contributed by atoms with Gasteiger partial charge in [0.25, 0.3) is 11.8 Å². The molecule has 0 aliphatic carbocycles. The van der Waals surface area contributed by atoms with Gasteiger partial charge in [-0.2, -0.15) is 10.2 Å². The van der Waals surface area contributed by atoms with Crippen molar-refractivity contribution < 1.29 is 27.6 Å². The highest BCUT2D eigenvalue weighted by Gasteiger charge is 2.31. The molecule has 2 amide bonds. The molecule has 1 N–H and O–H groups in total. The molecule has 2 fully saturated rings. The number of benzene rings is 4. The standard InChI is InChI=1S/C32H39ClN4O4S.C30H35ClN4O2.ClH/c1-4-42(40,41)36-15-13-23(14-16-36)5-9-28(38)10-6-24-7-11-29(22(2)17-24)32(39)37-21-26-20-34-35(3)31(26)19-25-18-27(33)8-12-30(25)37;1-20-15-22(4-8-26(36)7-3-21-11-13-32-14-12-21)5-9-27(20)30(37)35-19-24-18-33-34(2)29(24)17-23-16-25(31)6-10-28(23)35;/h7-8,11-12,17-18,20,23H,4-6,9-10,13-16,19,21H2,1-3H3;5-6,9-10,15-16,18,21,32H,3-4,7-8,11-14,17,19H2,1-2H3;1H. The first kappa shape index (κ1) is 60.4. The fraction of sp³-hybridized carbons (Fsp3) is 0.452. The van der Waals surface area contributed by atoms with Crippen molar-refractivity contribution in [1.29, 1.82) is 0 Å². The van der Waals surface area contributed by atoms with Crippen LogP contribution in [0.25, 0.3) is 0 Å². The average Bonchev–Trinajstić information content (AvgIpc) is 3.86. The topological polar surface area (TPSA) is 160 Å². The van der Waals surface area contributed by atoms with Crippen LogP contribution in [0.2, 0.25) is 10.0 Å². The van der Waals surface area contributed by atoms with Gasteiger partial charge in [0.1, 0.15) is 11.6 Å². The van der Waals surface area contributed by atoms with Crippen LogP contribution in [0.5, 0.6) is 0 Å². The lowest BCUT2D eigenvalue weighted by atomic mass is 9.91. The van der Waals surface area contributed by atoms with E-state index in [-0.39, 0.29) is 35.8 Å². The van der Waals surface area contributed by atoms with Gasteiger partial charge in [-0.15, -0.1) is 12.4 Å². The molecule has 14 nitrogen and oxygen atoms in total. The van der Waals surface area contributed by atoms with Gasteiger partial charge in [0, 0.05) is 121 Å². The molecule has 0 unspecified atom stereocenters. The Hall–Kier alpha value is -5.68. The quantitative estimate of drug-likeness (QED) is 0.0995. The van der Waals surface area contributed by atoms with Gasteiger partial charge in [0.2, 0.25) is 10.0 Å². The molecule has 0 radical (unpaired) electrons. The lowest BCUT2D eigenvalue weighted by molar-refractivity contribution is -0.120. The number of Topliss-reactive ketones (excluding diaryl/α,β-unsaturated/α-hetero) is 2. The van der Waals surface area contributed by atoms with Crippen LogP contribution < -0.4 is 15.1 Å². The number of ketones is 2. The molecule has 0 bridgehead atoms. The molecule has 4 aromatic carbocycles. The third kappa shape index (κ3) is 14.5. The molecular formula is C62H75Cl3N8O6S. The summed E-state index contributed by atoms with van der Waals surface area (Å²) < 4.78 is 29.5. The van der Waals surface area contributed by atoms with Gasteiger partial charge in [-0.05, 0) is 179 Å². The van der Waals surface area contributed by atoms with Crippen molar-refractivity contribution in [1.82, 2.24) is 29.2 Å². The van der Waals surface area contributed by atoms with E-state index in [1.165, 1.54) is 12.8 Å². The van der Waals surface area contributed by atoms with Crippen molar-refractivity contribution >= 4 is 80.4 Å². The number of halogens is 3. The van der Waals surface area contributed by atoms with E-state index in [1.54, 1.807) is 11.2 Å². The molecule has 2 aromatic heterocycles. The maximum atomic E-state index is 13.9. The number of sulfonamides is 1. The second kappa shape index (κ2) is 26.9. The summed E-state index contributed by atoms with van der Waals surface area (Å²) in [5.74, 6) is 1.66. The first-order valence-electron chi connectivity index (χ1n) is 28.1. The largest absolute Gasteiger partial charge is 0.317 e. The molecule has 10 rings (SSSR count). The van der Waals surface area contributed by atoms with E-state index in [0.717, 1.165) is 106 Å². The van der Waals surface area contributed by atoms with Gasteiger partial charge in [-0.1, -0.05) is 47.5 Å². The molecule has 0 atom stereocenters. The molecule has 0 saturated carbocycles. The van der Waals surface area contributed by atoms with E-state index in [0.29, 0.717) is 116 Å². The predicted octanol–water partition coefficient (Wildman–Crippen LogP) is 11.3. The fourth-order valence-electron chi connectivity index (χ4n) is 11.8. The minimum atomic E-state index is -3.13. The molecule has 2 saturated heterocycles. The van der Waals surface area contributed by atoms with E-state index < -0.39 is 10.0 Å². The van der Waals surface area contributed by atoms with Crippen molar-refractivity contribution in [3.8, 4) is 0 Å². The maximum Gasteiger partial charge on any atom is 0.258 e. The van der Waals surface area contributed by atoms with Crippen LogP contribution in [0.15, 0.2) is 85.2 Å². The summed E-state index contributed by atoms with van der Waals surface area (Å²) in [6.45, 7) is 9.75. The van der Waals surface area contributed by atoms with E-state index in [9.17, 15) is 27.6 Å². The van der Waals surface area contributed by atoms with Crippen LogP contribution in [-0.2, 0) is 72.5 Å². The molecular weight excluding hydrogens is 1090 g/mol. The Morgan fingerprint density at radius 1 is 0.600 bits per heavy atom. The van der Waals surface area contributed by atoms with Gasteiger partial charge in [-0.3, -0.25) is 28.5 Å². The zero-order valence-corrected chi connectivity index (χ0v) is 49.9. The number of carbonyl (C=O) groups excluding carboxylic acids is 4. The third-order valence-electron chi connectivity index (χ3n) is 16.7. The Labute approximate surface area is 488 Å². The van der Waals surface area contributed by atoms with Crippen molar-refractivity contribution in [3.05, 3.63) is 162 Å². The van der Waals surface area contributed by atoms with Crippen molar-refractivity contribution in [3.63, 3.8) is 0 Å². The fourth-order valence-corrected chi connectivity index (χ4v) is 13.3. The lowest BCUT2D eigenvalue weighted by Crippen LogP contribution is -2.39. The summed E-state index contributed by atoms with van der Waals surface area (Å²) in [7, 11) is 0.722. The smallest absolute Gasteiger partial charge is 0.258 e. The SMILES string of the molecule is CCS(=O)(=O)N1CCC(CCC(=O)CCc2ccc(C(=O)N3Cc4cnn(C)c4Cc4cc(Cl)ccc43)c(C)c2)CC1.Cc1cc(CCC(=O)CCC2CCNCC2)ccc1C(=O)N1Cc2cnn(C)c2Cc2cc(Cl)ccc21.Cl. The number of piperidine rings is 2. The number of nitrogens with one attached hydrogen (secondary N) is 1. The molecule has 4 aliphatic heterocycles. The van der Waals surface area contributed by atoms with Gasteiger partial charge in [0.15, 0.2) is 0 Å². The number of aryl methyl sites for hydroxylation is 6. The van der Waals surface area contributed by atoms with Crippen LogP contribution in [0.1, 0.15) is 148 Å². The minimum Gasteiger partial charge on any atom is -0.317 e. The lowest BCUT2D eigenvalue weighted by Gasteiger charge is -2.30. The molecule has 18 heteroatoms. The molecule has 426 valence electrons. The molecule has 6 heterocycles. The summed E-state index contributed by atoms with van der Waals surface area (Å²) >= 11 is 12.6. The summed E-state index contributed by atoms with van der Waals surface area (Å²) in [4.78, 5) is 56.6. The Kier molecular flexibility index (Phi) is 20.3. The number of nitrogens with zero attached hydrogens (tertiary/aromatic N) is 7. The van der Waals surface area contributed by atoms with E-state index in [1.807, 2.05) is 126 Å². The highest BCUT2D eigenvalue weighted by molar-refractivity contribution is 7.89. The number of carbonyl (C=O) groups is 4. The number of hydrogen-bond acceptors (Lipinski definition) is 9. The normalized spacial score (nSPS) is 15.7. The summed E-state index contributed by atoms with van der Waals surface area (Å²) in [5.41, 5.74) is 13.2. The number of aromatic nitrogens is 4. The Balaban J connectivity index is 0.000000209. The second-order valence-electron chi connectivity index (χ2n) is 22.1. The molecule has 80 heavy (non-hydrogen) atoms.